The third kappa shape index (κ3) is 7.20. The van der Waals surface area contributed by atoms with Gasteiger partial charge in [-0.25, -0.2) is 0 Å². The number of para-hydroxylation sites is 2. The summed E-state index contributed by atoms with van der Waals surface area (Å²) in [5.74, 6) is 1.23. The molecule has 0 N–H and O–H groups in total. The number of hydrogen-bond acceptors (Lipinski definition) is 5. The van der Waals surface area contributed by atoms with E-state index in [-0.39, 0.29) is 11.5 Å². The van der Waals surface area contributed by atoms with Crippen LogP contribution in [0.3, 0.4) is 0 Å². The van der Waals surface area contributed by atoms with Crippen molar-refractivity contribution in [1.82, 2.24) is 0 Å². The molecule has 0 saturated heterocycles. The summed E-state index contributed by atoms with van der Waals surface area (Å²) in [6.07, 6.45) is 3.65. The molecule has 5 nitrogen and oxygen atoms in total. The summed E-state index contributed by atoms with van der Waals surface area (Å²) >= 11 is 0. The lowest BCUT2D eigenvalue weighted by Crippen LogP contribution is -2.60. The first-order valence-electron chi connectivity index (χ1n) is 11.7. The Morgan fingerprint density at radius 3 is 1.39 bits per heavy atom. The summed E-state index contributed by atoms with van der Waals surface area (Å²) in [5.41, 5.74) is 0.912. The molecule has 0 aliphatic rings. The van der Waals surface area contributed by atoms with Crippen LogP contribution < -0.4 is 9.47 Å². The highest BCUT2D eigenvalue weighted by Crippen LogP contribution is 2.31. The molecule has 2 aromatic carbocycles. The number of nitrogens with zero attached hydrogens (tertiary/aromatic N) is 2. The van der Waals surface area contributed by atoms with E-state index in [2.05, 4.69) is 52.2 Å². The molecule has 0 amide bonds. The molecule has 0 fully saturated rings. The molecule has 2 atom stereocenters. The zero-order valence-electron chi connectivity index (χ0n) is 20.7. The summed E-state index contributed by atoms with van der Waals surface area (Å²) in [6.45, 7) is 13.1. The summed E-state index contributed by atoms with van der Waals surface area (Å²) in [6, 6.07) is 19.2. The lowest BCUT2D eigenvalue weighted by Gasteiger charge is -2.42. The van der Waals surface area contributed by atoms with Gasteiger partial charge in [0.05, 0.1) is 11.1 Å². The van der Waals surface area contributed by atoms with Crippen molar-refractivity contribution in [2.75, 3.05) is 0 Å². The molecule has 0 radical (unpaired) electrons. The lowest BCUT2D eigenvalue weighted by atomic mass is 10.2. The smallest absolute Gasteiger partial charge is 0.217 e. The second-order valence-electron chi connectivity index (χ2n) is 9.32. The van der Waals surface area contributed by atoms with Crippen LogP contribution in [-0.2, 0) is 4.12 Å². The van der Waals surface area contributed by atoms with Crippen molar-refractivity contribution in [2.45, 2.75) is 77.2 Å². The van der Waals surface area contributed by atoms with Gasteiger partial charge in [-0.05, 0) is 63.3 Å². The normalized spacial score (nSPS) is 13.5. The summed E-state index contributed by atoms with van der Waals surface area (Å²) in [5, 5.41) is 19.0. The number of rotatable bonds is 12. The largest absolute Gasteiger partial charge is 0.490 e. The van der Waals surface area contributed by atoms with Gasteiger partial charge in [-0.1, -0.05) is 51.0 Å². The van der Waals surface area contributed by atoms with Crippen LogP contribution in [0.5, 0.6) is 11.5 Å². The first-order valence-corrected chi connectivity index (χ1v) is 17.7. The van der Waals surface area contributed by atoms with E-state index in [1.54, 1.807) is 12.1 Å². The number of benzene rings is 2. The van der Waals surface area contributed by atoms with Gasteiger partial charge in [-0.15, -0.1) is 0 Å². The van der Waals surface area contributed by atoms with Crippen LogP contribution in [0.4, 0.5) is 0 Å². The van der Waals surface area contributed by atoms with Gasteiger partial charge in [-0.2, -0.15) is 10.5 Å². The molecule has 0 bridgehead atoms. The van der Waals surface area contributed by atoms with Gasteiger partial charge in [-0.3, -0.25) is 0 Å². The maximum Gasteiger partial charge on any atom is 0.217 e. The molecule has 7 heteroatoms. The zero-order chi connectivity index (χ0) is 24.5. The molecule has 0 heterocycles. The van der Waals surface area contributed by atoms with Crippen molar-refractivity contribution in [3.05, 3.63) is 59.7 Å². The third-order valence-electron chi connectivity index (χ3n) is 5.73. The zero-order valence-corrected chi connectivity index (χ0v) is 22.7. The first kappa shape index (κ1) is 26.7. The third-order valence-corrected chi connectivity index (χ3v) is 13.9. The molecule has 2 unspecified atom stereocenters. The SMILES string of the molecule is CCCC(Oc1ccccc1C#N)[Si](C)(C)O[Si](C)(C)C(CCC)Oc1ccccc1C#N. The summed E-state index contributed by atoms with van der Waals surface area (Å²) in [4.78, 5) is 0. The predicted molar refractivity (Wildman–Crippen MR) is 137 cm³/mol. The molecular weight excluding hydrogens is 444 g/mol. The Balaban J connectivity index is 2.29. The molecule has 0 aliphatic heterocycles. The highest BCUT2D eigenvalue weighted by Gasteiger charge is 2.45. The quantitative estimate of drug-likeness (QED) is 0.315. The van der Waals surface area contributed by atoms with E-state index in [0.717, 1.165) is 25.7 Å². The highest BCUT2D eigenvalue weighted by molar-refractivity contribution is 6.86. The van der Waals surface area contributed by atoms with Gasteiger partial charge in [0, 0.05) is 0 Å². The highest BCUT2D eigenvalue weighted by atomic mass is 28.4. The van der Waals surface area contributed by atoms with Gasteiger partial charge < -0.3 is 13.6 Å². The van der Waals surface area contributed by atoms with Crippen molar-refractivity contribution in [2.24, 2.45) is 0 Å². The molecule has 33 heavy (non-hydrogen) atoms. The Morgan fingerprint density at radius 2 is 1.06 bits per heavy atom. The Morgan fingerprint density at radius 1 is 0.697 bits per heavy atom. The molecule has 2 aromatic rings. The van der Waals surface area contributed by atoms with Gasteiger partial charge >= 0.3 is 0 Å². The van der Waals surface area contributed by atoms with Gasteiger partial charge in [0.2, 0.25) is 16.6 Å². The van der Waals surface area contributed by atoms with E-state index in [1.165, 1.54) is 0 Å². The molecule has 0 aromatic heterocycles. The van der Waals surface area contributed by atoms with Crippen molar-refractivity contribution < 1.29 is 13.6 Å². The fourth-order valence-corrected chi connectivity index (χ4v) is 13.3. The second kappa shape index (κ2) is 12.0. The van der Waals surface area contributed by atoms with Crippen molar-refractivity contribution in [3.63, 3.8) is 0 Å². The van der Waals surface area contributed by atoms with E-state index >= 15 is 0 Å². The fourth-order valence-electron chi connectivity index (χ4n) is 4.06. The van der Waals surface area contributed by atoms with Crippen LogP contribution >= 0.6 is 0 Å². The average molecular weight is 481 g/mol. The summed E-state index contributed by atoms with van der Waals surface area (Å²) in [7, 11) is -4.71. The molecule has 176 valence electrons. The molecule has 0 spiro atoms. The van der Waals surface area contributed by atoms with E-state index in [0.29, 0.717) is 22.6 Å². The van der Waals surface area contributed by atoms with E-state index in [4.69, 9.17) is 13.6 Å². The summed E-state index contributed by atoms with van der Waals surface area (Å²) < 4.78 is 19.9. The van der Waals surface area contributed by atoms with Crippen LogP contribution in [0.15, 0.2) is 48.5 Å². The van der Waals surface area contributed by atoms with Crippen molar-refractivity contribution in [3.8, 4) is 23.6 Å². The first-order chi connectivity index (χ1) is 15.7. The minimum atomic E-state index is -2.35. The maximum atomic E-state index is 9.48. The van der Waals surface area contributed by atoms with Crippen LogP contribution in [0.25, 0.3) is 0 Å². The van der Waals surface area contributed by atoms with Gasteiger partial charge in [0.15, 0.2) is 0 Å². The monoisotopic (exact) mass is 480 g/mol. The molecule has 0 aliphatic carbocycles. The van der Waals surface area contributed by atoms with E-state index in [1.807, 2.05) is 36.4 Å². The maximum absolute atomic E-state index is 9.48. The Kier molecular flexibility index (Phi) is 9.73. The fraction of sp³-hybridized carbons (Fsp3) is 0.462. The van der Waals surface area contributed by atoms with Crippen LogP contribution in [0, 0.1) is 22.7 Å². The minimum absolute atomic E-state index is 0.0857. The van der Waals surface area contributed by atoms with E-state index in [9.17, 15) is 10.5 Å². The van der Waals surface area contributed by atoms with Crippen LogP contribution in [0.1, 0.15) is 50.7 Å². The molecule has 2 rings (SSSR count). The minimum Gasteiger partial charge on any atom is -0.490 e. The van der Waals surface area contributed by atoms with Gasteiger partial charge in [0.1, 0.15) is 35.1 Å². The number of ether oxygens (including phenoxy) is 2. The average Bonchev–Trinajstić information content (AvgIpc) is 2.78. The van der Waals surface area contributed by atoms with Crippen molar-refractivity contribution in [1.29, 1.82) is 10.5 Å². The predicted octanol–water partition coefficient (Wildman–Crippen LogP) is 6.73. The standard InChI is InChI=1S/C26H36N2O3Si2/c1-7-13-25(29-23-17-11-9-15-21(23)19-27)32(3,4)31-33(5,6)26(14-8-2)30-24-18-12-10-16-22(24)20-28/h9-12,15-18,25-26H,7-8,13-14H2,1-6H3. The van der Waals surface area contributed by atoms with Gasteiger partial charge in [0.25, 0.3) is 0 Å². The number of hydrogen-bond donors (Lipinski definition) is 0. The van der Waals surface area contributed by atoms with Crippen LogP contribution in [0.2, 0.25) is 26.2 Å². The topological polar surface area (TPSA) is 75.3 Å². The Hall–Kier alpha value is -2.59. The molecular formula is C26H36N2O3Si2. The number of nitriles is 2. The second-order valence-corrected chi connectivity index (χ2v) is 17.8. The van der Waals surface area contributed by atoms with Crippen LogP contribution in [-0.4, -0.2) is 28.1 Å². The van der Waals surface area contributed by atoms with E-state index < -0.39 is 16.6 Å². The van der Waals surface area contributed by atoms with Crippen molar-refractivity contribution >= 4 is 16.6 Å². The Bertz CT molecular complexity index is 916. The molecule has 0 saturated carbocycles. The lowest BCUT2D eigenvalue weighted by molar-refractivity contribution is 0.215. The Labute approximate surface area is 201 Å².